The van der Waals surface area contributed by atoms with Crippen molar-refractivity contribution in [1.82, 2.24) is 10.7 Å². The molecule has 0 spiro atoms. The maximum atomic E-state index is 13.8. The van der Waals surface area contributed by atoms with Gasteiger partial charge in [0.1, 0.15) is 11.9 Å². The summed E-state index contributed by atoms with van der Waals surface area (Å²) in [4.78, 5) is 7.32. The van der Waals surface area contributed by atoms with E-state index in [1.54, 1.807) is 0 Å². The summed E-state index contributed by atoms with van der Waals surface area (Å²) in [6.07, 6.45) is -16.4. The lowest BCUT2D eigenvalue weighted by Gasteiger charge is -2.25. The van der Waals surface area contributed by atoms with E-state index >= 15 is 0 Å². The predicted octanol–water partition coefficient (Wildman–Crippen LogP) is 5.60. The summed E-state index contributed by atoms with van der Waals surface area (Å²) < 4.78 is 121. The van der Waals surface area contributed by atoms with Gasteiger partial charge in [-0.1, -0.05) is 23.2 Å². The van der Waals surface area contributed by atoms with E-state index in [0.29, 0.717) is 30.0 Å². The number of unbranched alkanes of at least 4 members (excludes halogenated alkanes) is 2. The number of nitrogens with one attached hydrogen (secondary N) is 2. The van der Waals surface area contributed by atoms with Gasteiger partial charge in [0.05, 0.1) is 26.9 Å². The number of nitrogens with zero attached hydrogens (tertiary/aromatic N) is 3. The van der Waals surface area contributed by atoms with Crippen LogP contribution in [-0.4, -0.2) is 48.4 Å². The summed E-state index contributed by atoms with van der Waals surface area (Å²) in [5.41, 5.74) is -2.07. The lowest BCUT2D eigenvalue weighted by Crippen LogP contribution is -2.47. The Hall–Kier alpha value is -2.23. The van der Waals surface area contributed by atoms with Crippen LogP contribution in [-0.2, 0) is 6.18 Å². The number of rotatable bonds is 6. The summed E-state index contributed by atoms with van der Waals surface area (Å²) in [6.45, 7) is -0.286. The van der Waals surface area contributed by atoms with E-state index in [1.165, 1.54) is 5.32 Å². The summed E-state index contributed by atoms with van der Waals surface area (Å²) >= 11 is 12.0. The fourth-order valence-electron chi connectivity index (χ4n) is 3.40. The van der Waals surface area contributed by atoms with Crippen LogP contribution in [0.3, 0.4) is 0 Å². The van der Waals surface area contributed by atoms with Gasteiger partial charge < -0.3 is 10.4 Å². The number of benzene rings is 1. The molecule has 6 nitrogen and oxygen atoms in total. The standard InChI is InChI=1S/C19H16Cl2F9N5O/c20-9-6-8(17(22,23)24)7-10(21)12(9)35-15(31-4-2-1-3-5-36)11-13(18(25,26)27)32-16(19(28,29)30)33-14(11)34-35/h6-7,14,34,36H,1-5H2,(H,32,33). The second-order valence-electron chi connectivity index (χ2n) is 7.53. The molecule has 200 valence electrons. The van der Waals surface area contributed by atoms with Crippen molar-refractivity contribution in [2.75, 3.05) is 18.2 Å². The van der Waals surface area contributed by atoms with Crippen molar-refractivity contribution >= 4 is 40.6 Å². The molecule has 0 amide bonds. The fourth-order valence-corrected chi connectivity index (χ4v) is 4.06. The molecule has 3 N–H and O–H groups in total. The van der Waals surface area contributed by atoms with Gasteiger partial charge in [0.25, 0.3) is 0 Å². The van der Waals surface area contributed by atoms with Crippen LogP contribution >= 0.6 is 23.2 Å². The van der Waals surface area contributed by atoms with Gasteiger partial charge in [0.2, 0.25) is 5.84 Å². The van der Waals surface area contributed by atoms with Crippen LogP contribution in [0.15, 0.2) is 33.4 Å². The van der Waals surface area contributed by atoms with Crippen LogP contribution in [0.4, 0.5) is 45.2 Å². The van der Waals surface area contributed by atoms with E-state index < -0.39 is 68.9 Å². The van der Waals surface area contributed by atoms with Gasteiger partial charge in [-0.2, -0.15) is 44.9 Å². The highest BCUT2D eigenvalue weighted by atomic mass is 35.5. The number of anilines is 1. The minimum absolute atomic E-state index is 0.138. The predicted molar refractivity (Wildman–Crippen MR) is 114 cm³/mol. The minimum Gasteiger partial charge on any atom is -0.396 e. The van der Waals surface area contributed by atoms with Crippen molar-refractivity contribution in [1.29, 1.82) is 0 Å². The molecule has 1 fully saturated rings. The van der Waals surface area contributed by atoms with E-state index in [9.17, 15) is 39.5 Å². The Morgan fingerprint density at radius 1 is 0.917 bits per heavy atom. The Balaban J connectivity index is 2.17. The van der Waals surface area contributed by atoms with Gasteiger partial charge in [-0.3, -0.25) is 10.0 Å². The van der Waals surface area contributed by atoms with Crippen molar-refractivity contribution in [3.05, 3.63) is 39.0 Å². The molecule has 0 saturated carbocycles. The smallest absolute Gasteiger partial charge is 0.396 e. The molecule has 3 rings (SSSR count). The molecule has 2 aliphatic heterocycles. The molecule has 36 heavy (non-hydrogen) atoms. The molecule has 0 bridgehead atoms. The Morgan fingerprint density at radius 2 is 1.53 bits per heavy atom. The largest absolute Gasteiger partial charge is 0.449 e. The molecule has 2 heterocycles. The number of hydrogen-bond donors (Lipinski definition) is 3. The van der Waals surface area contributed by atoms with Gasteiger partial charge in [-0.15, -0.1) is 0 Å². The third-order valence-corrected chi connectivity index (χ3v) is 5.52. The number of halogens is 11. The highest BCUT2D eigenvalue weighted by Crippen LogP contribution is 2.43. The Kier molecular flexibility index (Phi) is 8.08. The molecule has 2 aliphatic rings. The maximum Gasteiger partial charge on any atom is 0.449 e. The number of aliphatic imine (C=N–C) groups is 2. The van der Waals surface area contributed by atoms with Gasteiger partial charge in [0, 0.05) is 13.2 Å². The molecule has 1 aromatic rings. The molecule has 17 heteroatoms. The summed E-state index contributed by atoms with van der Waals surface area (Å²) in [7, 11) is 0. The fraction of sp³-hybridized carbons (Fsp3) is 0.474. The molecule has 0 aliphatic carbocycles. The molecule has 0 radical (unpaired) electrons. The maximum absolute atomic E-state index is 13.8. The number of aliphatic hydroxyl groups excluding tert-OH is 1. The lowest BCUT2D eigenvalue weighted by molar-refractivity contribution is -0.137. The van der Waals surface area contributed by atoms with Crippen molar-refractivity contribution < 1.29 is 44.6 Å². The highest BCUT2D eigenvalue weighted by molar-refractivity contribution is 6.40. The molecule has 1 atom stereocenters. The first kappa shape index (κ1) is 28.3. The Morgan fingerprint density at radius 3 is 2.03 bits per heavy atom. The van der Waals surface area contributed by atoms with Gasteiger partial charge in [-0.25, -0.2) is 4.99 Å². The number of aliphatic hydroxyl groups is 1. The van der Waals surface area contributed by atoms with E-state index in [0.717, 1.165) is 0 Å². The van der Waals surface area contributed by atoms with Crippen LogP contribution in [0.25, 0.3) is 0 Å². The van der Waals surface area contributed by atoms with Crippen LogP contribution in [0.5, 0.6) is 0 Å². The topological polar surface area (TPSA) is 72.2 Å². The zero-order valence-electron chi connectivity index (χ0n) is 17.7. The number of hydrazine groups is 1. The molecular weight excluding hydrogens is 556 g/mol. The monoisotopic (exact) mass is 571 g/mol. The first-order chi connectivity index (χ1) is 16.6. The number of amidine groups is 2. The summed E-state index contributed by atoms with van der Waals surface area (Å²) in [6, 6.07) is 0.931. The number of fused-ring (bicyclic) bond motifs is 1. The minimum atomic E-state index is -5.32. The van der Waals surface area contributed by atoms with E-state index in [2.05, 4.69) is 15.4 Å². The van der Waals surface area contributed by atoms with Crippen LogP contribution in [0.1, 0.15) is 24.8 Å². The summed E-state index contributed by atoms with van der Waals surface area (Å²) in [5, 5.41) is 9.50. The molecule has 1 unspecified atom stereocenters. The summed E-state index contributed by atoms with van der Waals surface area (Å²) in [5.74, 6) is -2.53. The molecule has 1 aromatic carbocycles. The number of alkyl halides is 9. The molecular formula is C19H16Cl2F9N5O. The first-order valence-corrected chi connectivity index (χ1v) is 10.8. The zero-order valence-corrected chi connectivity index (χ0v) is 19.2. The van der Waals surface area contributed by atoms with Crippen molar-refractivity contribution in [3.8, 4) is 0 Å². The van der Waals surface area contributed by atoms with Crippen LogP contribution in [0.2, 0.25) is 10.0 Å². The van der Waals surface area contributed by atoms with Crippen LogP contribution in [0, 0.1) is 0 Å². The first-order valence-electron chi connectivity index (χ1n) is 10.1. The average molecular weight is 572 g/mol. The quantitative estimate of drug-likeness (QED) is 0.307. The molecule has 1 saturated heterocycles. The second-order valence-corrected chi connectivity index (χ2v) is 8.34. The Labute approximate surface area is 207 Å². The molecule has 0 aromatic heterocycles. The number of hydrogen-bond acceptors (Lipinski definition) is 5. The van der Waals surface area contributed by atoms with E-state index in [1.807, 2.05) is 0 Å². The normalized spacial score (nSPS) is 20.1. The third-order valence-electron chi connectivity index (χ3n) is 4.95. The SMILES string of the molecule is OCCCCCN=C1C2=C(C(F)(F)F)NC(C(F)(F)F)=NC2NN1c1c(Cl)cc(C(F)(F)F)cc1Cl. The van der Waals surface area contributed by atoms with Gasteiger partial charge >= 0.3 is 18.5 Å². The van der Waals surface area contributed by atoms with Gasteiger partial charge in [-0.05, 0) is 31.4 Å². The van der Waals surface area contributed by atoms with Gasteiger partial charge in [0.15, 0.2) is 5.84 Å². The highest BCUT2D eigenvalue weighted by Gasteiger charge is 2.52. The van der Waals surface area contributed by atoms with Crippen molar-refractivity contribution in [2.45, 2.75) is 44.0 Å². The second kappa shape index (κ2) is 10.3. The van der Waals surface area contributed by atoms with Crippen molar-refractivity contribution in [3.63, 3.8) is 0 Å². The third kappa shape index (κ3) is 6.01. The van der Waals surface area contributed by atoms with Crippen molar-refractivity contribution in [2.24, 2.45) is 9.98 Å². The zero-order chi connectivity index (χ0) is 27.1. The van der Waals surface area contributed by atoms with E-state index in [4.69, 9.17) is 28.3 Å². The van der Waals surface area contributed by atoms with E-state index in [-0.39, 0.29) is 19.6 Å². The lowest BCUT2D eigenvalue weighted by atomic mass is 10.1. The Bertz CT molecular complexity index is 1070. The average Bonchev–Trinajstić information content (AvgIpc) is 3.08. The van der Waals surface area contributed by atoms with Crippen LogP contribution < -0.4 is 15.8 Å². The number of allylic oxidation sites excluding steroid dienone is 1.